The van der Waals surface area contributed by atoms with Crippen LogP contribution in [-0.2, 0) is 0 Å². The van der Waals surface area contributed by atoms with Crippen molar-refractivity contribution in [2.45, 2.75) is 0 Å². The number of benzene rings is 1. The molecule has 0 aliphatic heterocycles. The Labute approximate surface area is 77.5 Å². The summed E-state index contributed by atoms with van der Waals surface area (Å²) in [6.07, 6.45) is 0. The zero-order valence-corrected chi connectivity index (χ0v) is 6.97. The average Bonchev–Trinajstić information content (AvgIpc) is 2.08. The second kappa shape index (κ2) is 3.75. The average molecular weight is 199 g/mol. The number of hydrogen-bond acceptors (Lipinski definition) is 3. The Balaban J connectivity index is 3.34. The van der Waals surface area contributed by atoms with Crippen molar-refractivity contribution in [2.75, 3.05) is 0 Å². The lowest BCUT2D eigenvalue weighted by Gasteiger charge is -1.95. The first-order chi connectivity index (χ1) is 6.15. The maximum Gasteiger partial charge on any atom is 0.280 e. The Kier molecular flexibility index (Phi) is 2.69. The van der Waals surface area contributed by atoms with Gasteiger partial charge >= 0.3 is 0 Å². The fraction of sp³-hybridized carbons (Fsp3) is 0. The first-order valence-electron chi connectivity index (χ1n) is 3.14. The molecule has 7 heteroatoms. The van der Waals surface area contributed by atoms with Crippen LogP contribution in [-0.4, -0.2) is 4.92 Å². The van der Waals surface area contributed by atoms with Crippen LogP contribution in [0.15, 0.2) is 23.3 Å². The van der Waals surface area contributed by atoms with Crippen molar-refractivity contribution in [3.8, 4) is 0 Å². The van der Waals surface area contributed by atoms with Crippen molar-refractivity contribution in [3.05, 3.63) is 43.8 Å². The smallest absolute Gasteiger partial charge is 0.258 e. The summed E-state index contributed by atoms with van der Waals surface area (Å²) in [6.45, 7) is 0. The van der Waals surface area contributed by atoms with Gasteiger partial charge in [-0.25, -0.2) is 0 Å². The van der Waals surface area contributed by atoms with Crippen molar-refractivity contribution in [2.24, 2.45) is 5.11 Å². The summed E-state index contributed by atoms with van der Waals surface area (Å²) in [5, 5.41) is 13.8. The molecule has 1 aromatic rings. The monoisotopic (exact) mass is 198 g/mol. The third-order valence-corrected chi connectivity index (χ3v) is 1.52. The molecule has 1 aromatic carbocycles. The Bertz CT molecular complexity index is 400. The minimum absolute atomic E-state index is 0.0445. The molecule has 0 amide bonds. The van der Waals surface area contributed by atoms with Gasteiger partial charge in [0.15, 0.2) is 0 Å². The molecule has 0 aliphatic carbocycles. The largest absolute Gasteiger partial charge is 0.280 e. The predicted octanol–water partition coefficient (Wildman–Crippen LogP) is 3.19. The maximum atomic E-state index is 10.4. The topological polar surface area (TPSA) is 91.9 Å². The van der Waals surface area contributed by atoms with Gasteiger partial charge < -0.3 is 0 Å². The summed E-state index contributed by atoms with van der Waals surface area (Å²) in [4.78, 5) is 12.2. The molecule has 6 nitrogen and oxygen atoms in total. The second-order valence-electron chi connectivity index (χ2n) is 2.08. The normalized spacial score (nSPS) is 9.00. The Morgan fingerprint density at radius 3 is 2.85 bits per heavy atom. The standard InChI is InChI=1S/C6H3ClN4O2/c7-4-1-2-5(9-10-8)6(3-4)11(12)13/h1-3H. The van der Waals surface area contributed by atoms with Gasteiger partial charge in [0.2, 0.25) is 0 Å². The van der Waals surface area contributed by atoms with Crippen molar-refractivity contribution in [1.29, 1.82) is 0 Å². The molecular weight excluding hydrogens is 196 g/mol. The van der Waals surface area contributed by atoms with E-state index in [1.165, 1.54) is 12.1 Å². The van der Waals surface area contributed by atoms with Gasteiger partial charge in [-0.05, 0) is 17.7 Å². The highest BCUT2D eigenvalue weighted by molar-refractivity contribution is 6.30. The predicted molar refractivity (Wildman–Crippen MR) is 46.9 cm³/mol. The van der Waals surface area contributed by atoms with E-state index in [1.807, 2.05) is 0 Å². The van der Waals surface area contributed by atoms with E-state index in [9.17, 15) is 10.1 Å². The fourth-order valence-electron chi connectivity index (χ4n) is 0.776. The van der Waals surface area contributed by atoms with E-state index in [1.54, 1.807) is 0 Å². The molecule has 0 heterocycles. The number of hydrogen-bond donors (Lipinski definition) is 0. The summed E-state index contributed by atoms with van der Waals surface area (Å²) in [5.74, 6) is 0. The lowest BCUT2D eigenvalue weighted by molar-refractivity contribution is -0.384. The molecule has 0 unspecified atom stereocenters. The SMILES string of the molecule is [N-]=[N+]=Nc1ccc(Cl)cc1[N+](=O)[O-]. The summed E-state index contributed by atoms with van der Waals surface area (Å²) < 4.78 is 0. The van der Waals surface area contributed by atoms with E-state index in [0.29, 0.717) is 0 Å². The van der Waals surface area contributed by atoms with Crippen LogP contribution in [0.3, 0.4) is 0 Å². The van der Waals surface area contributed by atoms with Crippen LogP contribution in [0.1, 0.15) is 0 Å². The second-order valence-corrected chi connectivity index (χ2v) is 2.52. The Hall–Kier alpha value is -1.78. The van der Waals surface area contributed by atoms with E-state index in [4.69, 9.17) is 17.1 Å². The van der Waals surface area contributed by atoms with E-state index < -0.39 is 4.92 Å². The van der Waals surface area contributed by atoms with Gasteiger partial charge in [0.05, 0.1) is 4.92 Å². The summed E-state index contributed by atoms with van der Waals surface area (Å²) in [5.41, 5.74) is 7.75. The van der Waals surface area contributed by atoms with E-state index in [-0.39, 0.29) is 16.4 Å². The van der Waals surface area contributed by atoms with Crippen LogP contribution in [0.2, 0.25) is 5.02 Å². The molecule has 0 fully saturated rings. The van der Waals surface area contributed by atoms with E-state index in [0.717, 1.165) is 6.07 Å². The number of nitrogens with zero attached hydrogens (tertiary/aromatic N) is 4. The number of halogens is 1. The van der Waals surface area contributed by atoms with Crippen LogP contribution >= 0.6 is 11.6 Å². The van der Waals surface area contributed by atoms with E-state index >= 15 is 0 Å². The lowest BCUT2D eigenvalue weighted by Crippen LogP contribution is -1.87. The van der Waals surface area contributed by atoms with Crippen LogP contribution in [0.5, 0.6) is 0 Å². The minimum atomic E-state index is -0.657. The first-order valence-corrected chi connectivity index (χ1v) is 3.52. The first kappa shape index (κ1) is 9.31. The summed E-state index contributed by atoms with van der Waals surface area (Å²) >= 11 is 5.52. The van der Waals surface area contributed by atoms with Crippen molar-refractivity contribution >= 4 is 23.0 Å². The third-order valence-electron chi connectivity index (χ3n) is 1.29. The lowest BCUT2D eigenvalue weighted by atomic mass is 10.3. The molecule has 66 valence electrons. The Morgan fingerprint density at radius 2 is 2.31 bits per heavy atom. The molecule has 0 radical (unpaired) electrons. The number of nitro groups is 1. The maximum absolute atomic E-state index is 10.4. The molecule has 0 N–H and O–H groups in total. The van der Waals surface area contributed by atoms with Gasteiger partial charge in [-0.15, -0.1) is 0 Å². The molecule has 0 spiro atoms. The molecule has 13 heavy (non-hydrogen) atoms. The van der Waals surface area contributed by atoms with E-state index in [2.05, 4.69) is 10.0 Å². The van der Waals surface area contributed by atoms with Crippen LogP contribution in [0.25, 0.3) is 10.4 Å². The van der Waals surface area contributed by atoms with Gasteiger partial charge in [0, 0.05) is 16.0 Å². The zero-order chi connectivity index (χ0) is 9.84. The van der Waals surface area contributed by atoms with Gasteiger partial charge in [-0.3, -0.25) is 10.1 Å². The highest BCUT2D eigenvalue weighted by Crippen LogP contribution is 2.29. The van der Waals surface area contributed by atoms with Gasteiger partial charge in [-0.2, -0.15) is 0 Å². The van der Waals surface area contributed by atoms with Crippen molar-refractivity contribution in [1.82, 2.24) is 0 Å². The third kappa shape index (κ3) is 2.08. The number of rotatable bonds is 2. The Morgan fingerprint density at radius 1 is 1.62 bits per heavy atom. The number of azide groups is 1. The van der Waals surface area contributed by atoms with Crippen molar-refractivity contribution < 1.29 is 4.92 Å². The van der Waals surface area contributed by atoms with Gasteiger partial charge in [0.1, 0.15) is 5.69 Å². The van der Waals surface area contributed by atoms with Gasteiger partial charge in [0.25, 0.3) is 5.69 Å². The molecule has 1 rings (SSSR count). The van der Waals surface area contributed by atoms with Crippen molar-refractivity contribution in [3.63, 3.8) is 0 Å². The van der Waals surface area contributed by atoms with Crippen LogP contribution in [0, 0.1) is 10.1 Å². The molecule has 0 aliphatic rings. The molecule has 0 aromatic heterocycles. The van der Waals surface area contributed by atoms with Gasteiger partial charge in [-0.1, -0.05) is 16.7 Å². The minimum Gasteiger partial charge on any atom is -0.258 e. The highest BCUT2D eigenvalue weighted by atomic mass is 35.5. The fourth-order valence-corrected chi connectivity index (χ4v) is 0.942. The number of nitro benzene ring substituents is 1. The van der Waals surface area contributed by atoms with Crippen LogP contribution in [0.4, 0.5) is 11.4 Å². The molecule has 0 bridgehead atoms. The quantitative estimate of drug-likeness (QED) is 0.240. The highest BCUT2D eigenvalue weighted by Gasteiger charge is 2.12. The molecule has 0 saturated carbocycles. The zero-order valence-electron chi connectivity index (χ0n) is 6.22. The molecular formula is C6H3ClN4O2. The molecule has 0 saturated heterocycles. The summed E-state index contributed by atoms with van der Waals surface area (Å²) in [7, 11) is 0. The summed E-state index contributed by atoms with van der Waals surface area (Å²) in [6, 6.07) is 3.84. The molecule has 0 atom stereocenters. The van der Waals surface area contributed by atoms with Crippen LogP contribution < -0.4 is 0 Å².